The van der Waals surface area contributed by atoms with Crippen molar-refractivity contribution in [3.8, 4) is 0 Å². The SMILES string of the molecule is CC(=O)N(C)c1ccc(S(=O)(=O)C(C)C)cc1.CC(C)S(=O)(=O)c1ccc(N2CCCC2=O)cc1.CC(C)S(=O)(=O)c1ccc(N2CCCCC2=O)cc1.CC(C)S(=O)(=O)c1ccc(N2CCOC2=O)cc1.CCC.CCC.CCC.CCC.CCC.CCC(=O)Nc1ccc(S(=O)(=O)C(C)C)cc1. The summed E-state index contributed by atoms with van der Waals surface area (Å²) in [5, 5.41) is 0.447. The van der Waals surface area contributed by atoms with Gasteiger partial charge in [-0.05, 0) is 210 Å². The molecule has 0 saturated carbocycles. The molecule has 0 radical (unpaired) electrons. The van der Waals surface area contributed by atoms with E-state index in [0.717, 1.165) is 43.7 Å². The van der Waals surface area contributed by atoms with Crippen LogP contribution in [0, 0.1) is 0 Å². The van der Waals surface area contributed by atoms with Crippen LogP contribution in [0.5, 0.6) is 0 Å². The molecule has 0 atom stereocenters. The van der Waals surface area contributed by atoms with Gasteiger partial charge in [-0.15, -0.1) is 0 Å². The summed E-state index contributed by atoms with van der Waals surface area (Å²) in [6.07, 6.45) is 10.2. The average Bonchev–Trinajstić information content (AvgIpc) is 1.23. The number of piperidine rings is 1. The highest BCUT2D eigenvalue weighted by Crippen LogP contribution is 2.28. The normalized spacial score (nSPS) is 13.4. The number of nitrogens with zero attached hydrogens (tertiary/aromatic N) is 4. The molecule has 0 aromatic heterocycles. The number of carbonyl (C=O) groups is 5. The molecule has 3 aliphatic heterocycles. The number of rotatable bonds is 16. The van der Waals surface area contributed by atoms with Crippen molar-refractivity contribution in [1.82, 2.24) is 0 Å². The fourth-order valence-electron chi connectivity index (χ4n) is 8.45. The van der Waals surface area contributed by atoms with Gasteiger partial charge in [0.15, 0.2) is 49.2 Å². The number of carbonyl (C=O) groups excluding carboxylic acids is 5. The van der Waals surface area contributed by atoms with Gasteiger partial charge in [-0.1, -0.05) is 108 Å². The van der Waals surface area contributed by atoms with Crippen LogP contribution >= 0.6 is 0 Å². The third kappa shape index (κ3) is 32.8. The molecule has 5 amide bonds. The van der Waals surface area contributed by atoms with Crippen LogP contribution in [0.15, 0.2) is 146 Å². The summed E-state index contributed by atoms with van der Waals surface area (Å²) < 4.78 is 124. The van der Waals surface area contributed by atoms with Gasteiger partial charge in [0.2, 0.25) is 23.6 Å². The highest BCUT2D eigenvalue weighted by atomic mass is 32.2. The van der Waals surface area contributed by atoms with Crippen LogP contribution in [0.1, 0.15) is 223 Å². The molecule has 26 heteroatoms. The lowest BCUT2D eigenvalue weighted by atomic mass is 10.1. The molecule has 8 rings (SSSR count). The first-order valence-electron chi connectivity index (χ1n) is 36.3. The van der Waals surface area contributed by atoms with E-state index in [2.05, 4.69) is 74.6 Å². The van der Waals surface area contributed by atoms with Crippen LogP contribution in [-0.2, 0) is 73.1 Å². The summed E-state index contributed by atoms with van der Waals surface area (Å²) in [7, 11) is -14.6. The molecule has 0 bridgehead atoms. The molecular weight excluding hydrogens is 1420 g/mol. The summed E-state index contributed by atoms with van der Waals surface area (Å²) >= 11 is 0. The Morgan fingerprint density at radius 2 is 0.654 bits per heavy atom. The Hall–Kier alpha value is -7.00. The van der Waals surface area contributed by atoms with Crippen LogP contribution in [0.25, 0.3) is 0 Å². The van der Waals surface area contributed by atoms with Gasteiger partial charge in [0.25, 0.3) is 0 Å². The van der Waals surface area contributed by atoms with Gasteiger partial charge >= 0.3 is 6.09 Å². The highest BCUT2D eigenvalue weighted by Gasteiger charge is 2.28. The Morgan fingerprint density at radius 3 is 0.894 bits per heavy atom. The first-order chi connectivity index (χ1) is 48.5. The van der Waals surface area contributed by atoms with Crippen molar-refractivity contribution in [2.24, 2.45) is 0 Å². The highest BCUT2D eigenvalue weighted by molar-refractivity contribution is 7.93. The van der Waals surface area contributed by atoms with Crippen LogP contribution in [0.4, 0.5) is 33.2 Å². The first-order valence-corrected chi connectivity index (χ1v) is 44.0. The van der Waals surface area contributed by atoms with E-state index >= 15 is 0 Å². The lowest BCUT2D eigenvalue weighted by Crippen LogP contribution is -2.35. The minimum atomic E-state index is -3.27. The number of nitrogens with one attached hydrogen (secondary N) is 1. The molecule has 0 spiro atoms. The van der Waals surface area contributed by atoms with Gasteiger partial charge in [0.1, 0.15) is 6.61 Å². The number of anilines is 5. The molecule has 588 valence electrons. The van der Waals surface area contributed by atoms with Gasteiger partial charge in [0, 0.05) is 74.8 Å². The summed E-state index contributed by atoms with van der Waals surface area (Å²) in [4.78, 5) is 64.8. The van der Waals surface area contributed by atoms with Crippen molar-refractivity contribution in [1.29, 1.82) is 0 Å². The van der Waals surface area contributed by atoms with Crippen LogP contribution in [0.2, 0.25) is 0 Å². The Balaban J connectivity index is 0. The van der Waals surface area contributed by atoms with E-state index in [-0.39, 0.29) is 38.3 Å². The number of hydrogen-bond donors (Lipinski definition) is 1. The summed E-state index contributed by atoms with van der Waals surface area (Å²) in [6, 6.07) is 32.1. The maximum Gasteiger partial charge on any atom is 0.414 e. The molecule has 3 aliphatic rings. The predicted octanol–water partition coefficient (Wildman–Crippen LogP) is 17.4. The third-order valence-electron chi connectivity index (χ3n) is 14.5. The van der Waals surface area contributed by atoms with E-state index in [4.69, 9.17) is 4.74 Å². The van der Waals surface area contributed by atoms with Crippen LogP contribution in [0.3, 0.4) is 0 Å². The molecule has 5 aromatic rings. The van der Waals surface area contributed by atoms with Crippen LogP contribution < -0.4 is 24.9 Å². The minimum absolute atomic E-state index is 0.0931. The molecule has 21 nitrogen and oxygen atoms in total. The van der Waals surface area contributed by atoms with Crippen molar-refractivity contribution < 1.29 is 70.8 Å². The quantitative estimate of drug-likeness (QED) is 0.0960. The Labute approximate surface area is 627 Å². The Kier molecular flexibility index (Phi) is 47.4. The second-order valence-electron chi connectivity index (χ2n) is 25.9. The molecule has 0 aliphatic carbocycles. The second kappa shape index (κ2) is 49.7. The first kappa shape index (κ1) is 99.1. The van der Waals surface area contributed by atoms with E-state index in [1.165, 1.54) is 85.2 Å². The number of hydrogen-bond acceptors (Lipinski definition) is 16. The maximum absolute atomic E-state index is 12.0. The summed E-state index contributed by atoms with van der Waals surface area (Å²) in [5.41, 5.74) is 3.51. The lowest BCUT2D eigenvalue weighted by molar-refractivity contribution is -0.119. The van der Waals surface area contributed by atoms with Crippen molar-refractivity contribution in [3.05, 3.63) is 121 Å². The van der Waals surface area contributed by atoms with Gasteiger partial charge in [-0.2, -0.15) is 0 Å². The van der Waals surface area contributed by atoms with Gasteiger partial charge in [-0.3, -0.25) is 24.1 Å². The number of ether oxygens (including phenoxy) is 1. The van der Waals surface area contributed by atoms with Gasteiger partial charge in [-0.25, -0.2) is 46.9 Å². The topological polar surface area (TPSA) is 290 Å². The summed E-state index contributed by atoms with van der Waals surface area (Å²) in [5.74, 6) is 0.0362. The standard InChI is InChI=1S/C14H19NO3S.C13H17NO3S.C12H15NO4S.2C12H17NO3S.5C3H8/c1-11(2)19(17,18)13-8-6-12(7-9-13)15-10-4-3-5-14(15)16;1-10(2)18(16,17)12-7-5-11(6-8-12)14-9-3-4-13(14)15;1-9(2)18(15,16)11-5-3-10(4-6-11)13-7-8-17-12(13)14;1-9(2)17(15,16)12-7-5-11(6-8-12)13(4)10(3)14;1-4-12(14)13-10-5-7-11(8-6-10)17(15,16)9(2)3;5*1-3-2/h6-9,11H,3-5,10H2,1-2H3;5-8,10H,3-4,9H2,1-2H3;3-6,9H,7-8H2,1-2H3;5-9H,1-4H3;5-9H,4H2,1-3H3,(H,13,14);5*3H2,1-2H3. The third-order valence-corrected chi connectivity index (χ3v) is 25.4. The lowest BCUT2D eigenvalue weighted by Gasteiger charge is -2.26. The van der Waals surface area contributed by atoms with Crippen LogP contribution in [-0.4, -0.2) is 131 Å². The van der Waals surface area contributed by atoms with Gasteiger partial charge in [0.05, 0.1) is 57.3 Å². The van der Waals surface area contributed by atoms with Crippen molar-refractivity contribution >= 4 is 107 Å². The maximum atomic E-state index is 12.0. The second-order valence-corrected chi connectivity index (χ2v) is 38.4. The molecule has 0 unspecified atom stereocenters. The number of amides is 5. The zero-order chi connectivity index (χ0) is 80.5. The zero-order valence-corrected chi connectivity index (χ0v) is 70.5. The van der Waals surface area contributed by atoms with Crippen molar-refractivity contribution in [2.75, 3.05) is 58.2 Å². The molecule has 104 heavy (non-hydrogen) atoms. The Morgan fingerprint density at radius 1 is 0.394 bits per heavy atom. The van der Waals surface area contributed by atoms with E-state index in [1.54, 1.807) is 178 Å². The summed E-state index contributed by atoms with van der Waals surface area (Å²) in [6.45, 7) is 43.3. The minimum Gasteiger partial charge on any atom is -0.447 e. The largest absolute Gasteiger partial charge is 0.447 e. The number of benzene rings is 5. The van der Waals surface area contributed by atoms with E-state index < -0.39 is 81.5 Å². The fraction of sp³-hybridized carbons (Fsp3) is 0.551. The Bertz CT molecular complexity index is 3800. The van der Waals surface area contributed by atoms with E-state index in [9.17, 15) is 66.1 Å². The molecule has 3 heterocycles. The van der Waals surface area contributed by atoms with Crippen molar-refractivity contribution in [3.63, 3.8) is 0 Å². The smallest absolute Gasteiger partial charge is 0.414 e. The zero-order valence-electron chi connectivity index (χ0n) is 66.4. The van der Waals surface area contributed by atoms with E-state index in [0.29, 0.717) is 59.3 Å². The predicted molar refractivity (Wildman–Crippen MR) is 428 cm³/mol. The average molecular weight is 1550 g/mol. The molecule has 3 fully saturated rings. The number of sulfone groups is 5. The fourth-order valence-corrected chi connectivity index (χ4v) is 13.8. The molecule has 1 N–H and O–H groups in total. The molecular formula is C78H125N5O16S5. The van der Waals surface area contributed by atoms with Gasteiger partial charge < -0.3 is 24.8 Å². The van der Waals surface area contributed by atoms with Crippen molar-refractivity contribution in [2.45, 2.75) is 274 Å². The molecule has 5 aromatic carbocycles. The van der Waals surface area contributed by atoms with E-state index in [1.807, 2.05) is 0 Å². The molecule has 3 saturated heterocycles. The number of cyclic esters (lactones) is 1. The monoisotopic (exact) mass is 1550 g/mol.